The van der Waals surface area contributed by atoms with E-state index in [1.165, 1.54) is 6.07 Å². The number of ether oxygens (including phenoxy) is 2. The maximum Gasteiger partial charge on any atom is 0.251 e. The standard InChI is InChI=1S/C22H22FN3O3/c1-28-19-8-7-17(14-20(19)29-2)26-21-13-16(10-11-24-21)22(27)25-12-9-15-5-3-4-6-18(15)23/h3-8,10-11,13-14H,9,12H2,1-2H3,(H,24,26)(H,25,27). The van der Waals surface area contributed by atoms with Crippen molar-refractivity contribution in [1.29, 1.82) is 0 Å². The van der Waals surface area contributed by atoms with Crippen molar-refractivity contribution < 1.29 is 18.7 Å². The number of aromatic nitrogens is 1. The Bertz CT molecular complexity index is 995. The molecule has 0 fully saturated rings. The molecule has 1 aromatic heterocycles. The maximum atomic E-state index is 13.7. The second-order valence-electron chi connectivity index (χ2n) is 6.22. The van der Waals surface area contributed by atoms with Gasteiger partial charge < -0.3 is 20.1 Å². The number of halogens is 1. The van der Waals surface area contributed by atoms with Crippen LogP contribution in [-0.4, -0.2) is 31.7 Å². The second-order valence-corrected chi connectivity index (χ2v) is 6.22. The van der Waals surface area contributed by atoms with Gasteiger partial charge in [0, 0.05) is 30.1 Å². The van der Waals surface area contributed by atoms with Gasteiger partial charge in [0.1, 0.15) is 11.6 Å². The summed E-state index contributed by atoms with van der Waals surface area (Å²) in [7, 11) is 3.13. The zero-order valence-electron chi connectivity index (χ0n) is 16.2. The Morgan fingerprint density at radius 3 is 2.59 bits per heavy atom. The lowest BCUT2D eigenvalue weighted by Gasteiger charge is -2.11. The summed E-state index contributed by atoms with van der Waals surface area (Å²) >= 11 is 0. The quantitative estimate of drug-likeness (QED) is 0.604. The Morgan fingerprint density at radius 1 is 1.03 bits per heavy atom. The van der Waals surface area contributed by atoms with Crippen LogP contribution in [0.2, 0.25) is 0 Å². The van der Waals surface area contributed by atoms with E-state index in [1.54, 1.807) is 62.9 Å². The SMILES string of the molecule is COc1ccc(Nc2cc(C(=O)NCCc3ccccc3F)ccn2)cc1OC. The number of methoxy groups -OCH3 is 2. The lowest BCUT2D eigenvalue weighted by molar-refractivity contribution is 0.0954. The Morgan fingerprint density at radius 2 is 1.83 bits per heavy atom. The van der Waals surface area contributed by atoms with Crippen molar-refractivity contribution in [3.05, 3.63) is 77.7 Å². The van der Waals surface area contributed by atoms with Crippen molar-refractivity contribution in [2.45, 2.75) is 6.42 Å². The predicted molar refractivity (Wildman–Crippen MR) is 110 cm³/mol. The molecule has 3 aromatic rings. The van der Waals surface area contributed by atoms with Gasteiger partial charge in [0.05, 0.1) is 14.2 Å². The molecule has 0 saturated heterocycles. The van der Waals surface area contributed by atoms with Gasteiger partial charge in [0.2, 0.25) is 0 Å². The largest absolute Gasteiger partial charge is 0.493 e. The van der Waals surface area contributed by atoms with E-state index < -0.39 is 0 Å². The average molecular weight is 395 g/mol. The van der Waals surface area contributed by atoms with Crippen molar-refractivity contribution >= 4 is 17.4 Å². The number of hydrogen-bond donors (Lipinski definition) is 2. The van der Waals surface area contributed by atoms with Gasteiger partial charge in [-0.3, -0.25) is 4.79 Å². The molecule has 1 heterocycles. The molecule has 7 heteroatoms. The summed E-state index contributed by atoms with van der Waals surface area (Å²) in [5, 5.41) is 5.94. The monoisotopic (exact) mass is 395 g/mol. The minimum Gasteiger partial charge on any atom is -0.493 e. The normalized spacial score (nSPS) is 10.3. The number of benzene rings is 2. The number of hydrogen-bond acceptors (Lipinski definition) is 5. The molecule has 0 spiro atoms. The highest BCUT2D eigenvalue weighted by Gasteiger charge is 2.09. The molecule has 0 aliphatic heterocycles. The number of anilines is 2. The maximum absolute atomic E-state index is 13.7. The van der Waals surface area contributed by atoms with Gasteiger partial charge in [0.15, 0.2) is 11.5 Å². The van der Waals surface area contributed by atoms with Gasteiger partial charge >= 0.3 is 0 Å². The third-order valence-corrected chi connectivity index (χ3v) is 4.32. The minimum atomic E-state index is -0.271. The number of nitrogens with one attached hydrogen (secondary N) is 2. The predicted octanol–water partition coefficient (Wildman–Crippen LogP) is 3.95. The molecule has 0 unspecified atom stereocenters. The number of carbonyl (C=O) groups excluding carboxylic acids is 1. The third-order valence-electron chi connectivity index (χ3n) is 4.32. The van der Waals surface area contributed by atoms with Crippen molar-refractivity contribution in [2.24, 2.45) is 0 Å². The number of rotatable bonds is 8. The van der Waals surface area contributed by atoms with Crippen molar-refractivity contribution in [3.8, 4) is 11.5 Å². The van der Waals surface area contributed by atoms with Crippen molar-refractivity contribution in [2.75, 3.05) is 26.1 Å². The molecule has 0 saturated carbocycles. The van der Waals surface area contributed by atoms with Gasteiger partial charge in [-0.05, 0) is 42.3 Å². The molecule has 6 nitrogen and oxygen atoms in total. The fourth-order valence-corrected chi connectivity index (χ4v) is 2.82. The molecular formula is C22H22FN3O3. The molecule has 0 bridgehead atoms. The fourth-order valence-electron chi connectivity index (χ4n) is 2.82. The highest BCUT2D eigenvalue weighted by Crippen LogP contribution is 2.30. The number of nitrogens with zero attached hydrogens (tertiary/aromatic N) is 1. The smallest absolute Gasteiger partial charge is 0.251 e. The first kappa shape index (κ1) is 20.1. The van der Waals surface area contributed by atoms with Crippen LogP contribution >= 0.6 is 0 Å². The van der Waals surface area contributed by atoms with E-state index >= 15 is 0 Å². The van der Waals surface area contributed by atoms with Crippen LogP contribution in [0.3, 0.4) is 0 Å². The van der Waals surface area contributed by atoms with Gasteiger partial charge in [-0.1, -0.05) is 18.2 Å². The second kappa shape index (κ2) is 9.54. The van der Waals surface area contributed by atoms with E-state index in [9.17, 15) is 9.18 Å². The Labute approximate surface area is 168 Å². The van der Waals surface area contributed by atoms with Crippen LogP contribution < -0.4 is 20.1 Å². The molecule has 150 valence electrons. The molecule has 29 heavy (non-hydrogen) atoms. The number of carbonyl (C=O) groups is 1. The summed E-state index contributed by atoms with van der Waals surface area (Å²) in [5.41, 5.74) is 1.77. The molecule has 2 aromatic carbocycles. The number of amides is 1. The summed E-state index contributed by atoms with van der Waals surface area (Å²) in [6, 6.07) is 15.2. The Balaban J connectivity index is 1.63. The van der Waals surface area contributed by atoms with Gasteiger partial charge in [-0.2, -0.15) is 0 Å². The van der Waals surface area contributed by atoms with E-state index in [4.69, 9.17) is 9.47 Å². The van der Waals surface area contributed by atoms with Crippen LogP contribution in [0.5, 0.6) is 11.5 Å². The third kappa shape index (κ3) is 5.22. The molecule has 0 atom stereocenters. The lowest BCUT2D eigenvalue weighted by Crippen LogP contribution is -2.26. The van der Waals surface area contributed by atoms with Crippen LogP contribution in [0.1, 0.15) is 15.9 Å². The van der Waals surface area contributed by atoms with Crippen molar-refractivity contribution in [1.82, 2.24) is 10.3 Å². The summed E-state index contributed by atoms with van der Waals surface area (Å²) in [6.07, 6.45) is 1.97. The van der Waals surface area contributed by atoms with E-state index in [-0.39, 0.29) is 11.7 Å². The topological polar surface area (TPSA) is 72.5 Å². The van der Waals surface area contributed by atoms with Crippen molar-refractivity contribution in [3.63, 3.8) is 0 Å². The van der Waals surface area contributed by atoms with E-state index in [0.717, 1.165) is 5.69 Å². The van der Waals surface area contributed by atoms with E-state index in [0.29, 0.717) is 41.4 Å². The summed E-state index contributed by atoms with van der Waals surface area (Å²) < 4.78 is 24.2. The highest BCUT2D eigenvalue weighted by molar-refractivity contribution is 5.94. The van der Waals surface area contributed by atoms with Gasteiger partial charge in [-0.25, -0.2) is 9.37 Å². The van der Waals surface area contributed by atoms with Crippen LogP contribution in [0.15, 0.2) is 60.8 Å². The Kier molecular flexibility index (Phi) is 6.63. The zero-order valence-corrected chi connectivity index (χ0v) is 16.2. The highest BCUT2D eigenvalue weighted by atomic mass is 19.1. The Hall–Kier alpha value is -3.61. The summed E-state index contributed by atoms with van der Waals surface area (Å²) in [5.74, 6) is 1.19. The average Bonchev–Trinajstić information content (AvgIpc) is 2.75. The van der Waals surface area contributed by atoms with Gasteiger partial charge in [-0.15, -0.1) is 0 Å². The number of pyridine rings is 1. The minimum absolute atomic E-state index is 0.251. The lowest BCUT2D eigenvalue weighted by atomic mass is 10.1. The molecule has 0 radical (unpaired) electrons. The van der Waals surface area contributed by atoms with E-state index in [2.05, 4.69) is 15.6 Å². The zero-order chi connectivity index (χ0) is 20.6. The first-order valence-electron chi connectivity index (χ1n) is 9.07. The van der Waals surface area contributed by atoms with Gasteiger partial charge in [0.25, 0.3) is 5.91 Å². The summed E-state index contributed by atoms with van der Waals surface area (Å²) in [6.45, 7) is 0.334. The first-order chi connectivity index (χ1) is 14.1. The molecule has 0 aliphatic carbocycles. The molecule has 3 rings (SSSR count). The molecule has 2 N–H and O–H groups in total. The molecule has 1 amide bonds. The summed E-state index contributed by atoms with van der Waals surface area (Å²) in [4.78, 5) is 16.7. The van der Waals surface area contributed by atoms with Crippen LogP contribution in [-0.2, 0) is 6.42 Å². The molecular weight excluding hydrogens is 373 g/mol. The first-order valence-corrected chi connectivity index (χ1v) is 9.07. The van der Waals surface area contributed by atoms with Crippen LogP contribution in [0.25, 0.3) is 0 Å². The van der Waals surface area contributed by atoms with Crippen LogP contribution in [0, 0.1) is 5.82 Å². The van der Waals surface area contributed by atoms with E-state index in [1.807, 2.05) is 6.07 Å². The van der Waals surface area contributed by atoms with Crippen LogP contribution in [0.4, 0.5) is 15.9 Å². The molecule has 0 aliphatic rings. The fraction of sp³-hybridized carbons (Fsp3) is 0.182.